The molecule has 328 valence electrons. The van der Waals surface area contributed by atoms with Crippen LogP contribution in [0.1, 0.15) is 54.5 Å². The quantitative estimate of drug-likeness (QED) is 0.153. The molecule has 6 aliphatic rings. The van der Waals surface area contributed by atoms with Gasteiger partial charge in [-0.05, 0) is 333 Å². The van der Waals surface area contributed by atoms with E-state index < -0.39 is 11.0 Å². The van der Waals surface area contributed by atoms with Gasteiger partial charge in [-0.2, -0.15) is 0 Å². The number of nitrogens with zero attached hydrogens (tertiary/aromatic N) is 1. The van der Waals surface area contributed by atoms with Gasteiger partial charge in [-0.25, -0.2) is 0 Å². The van der Waals surface area contributed by atoms with Crippen LogP contribution in [0.4, 0.5) is 5.69 Å². The molecule has 0 N–H and O–H groups in total. The summed E-state index contributed by atoms with van der Waals surface area (Å²) in [7, 11) is 0. The number of hydrogen-bond donors (Lipinski definition) is 0. The first-order valence-corrected chi connectivity index (χ1v) is 28.9. The molecule has 5 aliphatic carbocycles. The maximum atomic E-state index is 17.0. The van der Waals surface area contributed by atoms with E-state index in [2.05, 4.69) is 49.9 Å². The number of carbonyl (C=O) groups excluding carboxylic acids is 1. The lowest BCUT2D eigenvalue weighted by Crippen LogP contribution is -2.58. The Hall–Kier alpha value is -9.11. The standard InChI is InChI=1S/C75H17NO/c1-10-4-6-11(7-5-10)76-12-8-73(2,3)9-13(77)68(12)74-69-60-52-42-32-24-16-14-15-18-22-20(16)28-36-30(22)40-34-26(18)27-19(15)23-21-17(14)25(24)33-39-29(21)37-31(23)41-35(27)45-44(34)56-50(40)58-48(36)54(46(52)38(28)32)62(69)64(58)71-66(56)67-57(45)51(41)59-49(37)55-47(39)53(43(33)42)61(60)70(74)63(55)65(59)72(67)75(71,74)76/h4-7H,8-9H2,1-3H3. The fourth-order valence-electron chi connectivity index (χ4n) is 27.2. The predicted octanol–water partition coefficient (Wildman–Crippen LogP) is 19.7. The van der Waals surface area contributed by atoms with Gasteiger partial charge >= 0.3 is 0 Å². The Balaban J connectivity index is 1.12. The van der Waals surface area contributed by atoms with Crippen LogP contribution in [0.3, 0.4) is 0 Å². The molecule has 29 aromatic rings. The lowest BCUT2D eigenvalue weighted by molar-refractivity contribution is -0.118. The molecule has 0 fully saturated rings. The zero-order valence-electron chi connectivity index (χ0n) is 40.6. The molecule has 0 saturated carbocycles. The van der Waals surface area contributed by atoms with Crippen molar-refractivity contribution in [1.29, 1.82) is 0 Å². The third-order valence-electron chi connectivity index (χ3n) is 27.4. The van der Waals surface area contributed by atoms with E-state index >= 15 is 4.79 Å². The second-order valence-electron chi connectivity index (χ2n) is 29.1. The molecule has 0 radical (unpaired) electrons. The van der Waals surface area contributed by atoms with Crippen molar-refractivity contribution < 1.29 is 4.79 Å². The molecular weight excluding hydrogens is 931 g/mol. The summed E-state index contributed by atoms with van der Waals surface area (Å²) in [6.45, 7) is 7.08. The molecule has 29 aromatic carbocycles. The molecule has 0 amide bonds. The number of allylic oxidation sites excluding steroid dienone is 1. The van der Waals surface area contributed by atoms with Crippen molar-refractivity contribution in [2.24, 2.45) is 5.41 Å². The van der Waals surface area contributed by atoms with Crippen molar-refractivity contribution in [3.63, 3.8) is 0 Å². The molecule has 2 nitrogen and oxygen atoms in total. The smallest absolute Gasteiger partial charge is 0.162 e. The molecule has 77 heavy (non-hydrogen) atoms. The third kappa shape index (κ3) is 1.66. The lowest BCUT2D eigenvalue weighted by Gasteiger charge is -2.55. The summed E-state index contributed by atoms with van der Waals surface area (Å²) in [5, 5.41) is 86.4. The van der Waals surface area contributed by atoms with E-state index in [-0.39, 0.29) is 5.41 Å². The Kier molecular flexibility index (Phi) is 2.63. The second-order valence-corrected chi connectivity index (χ2v) is 29.1. The van der Waals surface area contributed by atoms with E-state index in [0.717, 1.165) is 6.42 Å². The van der Waals surface area contributed by atoms with Crippen molar-refractivity contribution >= 4 is 302 Å². The number of Topliss-reactive ketones (excluding diaryl/α,β-unsaturated/α-hetero) is 1. The molecular formula is C75H17NO. The van der Waals surface area contributed by atoms with Crippen molar-refractivity contribution in [3.05, 3.63) is 63.4 Å². The number of benzene rings is 19. The predicted molar refractivity (Wildman–Crippen MR) is 323 cm³/mol. The van der Waals surface area contributed by atoms with Crippen LogP contribution in [0.25, 0.3) is 291 Å². The van der Waals surface area contributed by atoms with Crippen LogP contribution in [0.2, 0.25) is 0 Å². The molecule has 0 saturated heterocycles. The highest BCUT2D eigenvalue weighted by Crippen LogP contribution is 2.87. The van der Waals surface area contributed by atoms with E-state index in [1.54, 1.807) is 313 Å². The van der Waals surface area contributed by atoms with Crippen LogP contribution in [0, 0.1) is 12.3 Å². The van der Waals surface area contributed by atoms with E-state index in [9.17, 15) is 0 Å². The first kappa shape index (κ1) is 29.8. The van der Waals surface area contributed by atoms with Gasteiger partial charge in [0.15, 0.2) is 5.78 Å². The van der Waals surface area contributed by atoms with Crippen molar-refractivity contribution in [1.82, 2.24) is 0 Å². The maximum Gasteiger partial charge on any atom is 0.162 e. The first-order valence-electron chi connectivity index (χ1n) is 28.9. The van der Waals surface area contributed by atoms with E-state index in [0.29, 0.717) is 12.2 Å². The Bertz CT molecular complexity index is 7650. The minimum atomic E-state index is -0.744. The van der Waals surface area contributed by atoms with Gasteiger partial charge in [0.2, 0.25) is 0 Å². The molecule has 0 aromatic heterocycles. The van der Waals surface area contributed by atoms with Crippen molar-refractivity contribution in [3.8, 4) is 0 Å². The molecule has 0 unspecified atom stereocenters. The molecule has 0 atom stereocenters. The normalized spacial score (nSPS) is 23.3. The molecule has 35 rings (SSSR count). The highest BCUT2D eigenvalue weighted by Gasteiger charge is 2.78. The Morgan fingerprint density at radius 3 is 0.766 bits per heavy atom. The van der Waals surface area contributed by atoms with E-state index in [4.69, 9.17) is 0 Å². The van der Waals surface area contributed by atoms with Crippen LogP contribution < -0.4 is 4.90 Å². The highest BCUT2D eigenvalue weighted by molar-refractivity contribution is 6.82. The highest BCUT2D eigenvalue weighted by atomic mass is 16.1. The Morgan fingerprint density at radius 1 is 0.299 bits per heavy atom. The fourth-order valence-corrected chi connectivity index (χ4v) is 27.2. The van der Waals surface area contributed by atoms with Gasteiger partial charge in [-0.1, -0.05) is 31.5 Å². The summed E-state index contributed by atoms with van der Waals surface area (Å²) < 4.78 is 0. The van der Waals surface area contributed by atoms with Gasteiger partial charge in [0.1, 0.15) is 5.54 Å². The number of aryl methyl sites for hydroxylation is 1. The molecule has 0 bridgehead atoms. The zero-order valence-corrected chi connectivity index (χ0v) is 40.6. The minimum absolute atomic E-state index is 0.195. The number of rotatable bonds is 1. The van der Waals surface area contributed by atoms with Gasteiger partial charge in [-0.15, -0.1) is 0 Å². The number of carbonyl (C=O) groups is 1. The molecule has 2 heteroatoms. The van der Waals surface area contributed by atoms with Gasteiger partial charge in [0, 0.05) is 34.5 Å². The van der Waals surface area contributed by atoms with Gasteiger partial charge < -0.3 is 4.90 Å². The lowest BCUT2D eigenvalue weighted by atomic mass is 9.50. The number of hydrogen-bond acceptors (Lipinski definition) is 2. The third-order valence-corrected chi connectivity index (χ3v) is 27.4. The SMILES string of the molecule is Cc1ccc(N2C3=C(C(=O)CC(C)(C)C3)C34c5c6c7c8c9c%10c(c%11c%12c3c3c5c5c%13c6c6c7c7c9c9c%14c%10c%10c%11c%11c%12c%12c3c3c5c5c%13c%13c6c6c7c9c7c9c%14c%10c%10c%11c%11c%12c3c3c5c5c%13c6c7c6c9c%10c%11c3c56)C824)cc1. The Morgan fingerprint density at radius 2 is 0.519 bits per heavy atom. The summed E-state index contributed by atoms with van der Waals surface area (Å²) in [6.07, 6.45) is 1.46. The molecule has 1 aliphatic heterocycles. The molecule has 1 heterocycles. The van der Waals surface area contributed by atoms with Gasteiger partial charge in [0.25, 0.3) is 0 Å². The van der Waals surface area contributed by atoms with Crippen molar-refractivity contribution in [2.45, 2.75) is 44.6 Å². The van der Waals surface area contributed by atoms with E-state index in [1.807, 2.05) is 0 Å². The summed E-state index contributed by atoms with van der Waals surface area (Å²) >= 11 is 0. The van der Waals surface area contributed by atoms with Crippen LogP contribution in [-0.4, -0.2) is 5.78 Å². The van der Waals surface area contributed by atoms with Crippen LogP contribution in [-0.2, 0) is 15.7 Å². The van der Waals surface area contributed by atoms with Crippen LogP contribution >= 0.6 is 0 Å². The van der Waals surface area contributed by atoms with Gasteiger partial charge in [-0.3, -0.25) is 4.79 Å². The maximum absolute atomic E-state index is 17.0. The topological polar surface area (TPSA) is 20.3 Å². The van der Waals surface area contributed by atoms with Crippen LogP contribution in [0.5, 0.6) is 0 Å². The van der Waals surface area contributed by atoms with Gasteiger partial charge in [0.05, 0.1) is 5.41 Å². The van der Waals surface area contributed by atoms with Crippen molar-refractivity contribution in [2.75, 3.05) is 4.90 Å². The summed E-state index contributed by atoms with van der Waals surface area (Å²) in [5.74, 6) is 0.405. The summed E-state index contributed by atoms with van der Waals surface area (Å²) in [4.78, 5) is 20.0. The largest absolute Gasteiger partial charge is 0.329 e. The van der Waals surface area contributed by atoms with Crippen LogP contribution in [0.15, 0.2) is 35.5 Å². The summed E-state index contributed by atoms with van der Waals surface area (Å²) in [6, 6.07) is 9.74. The fraction of sp³-hybridized carbons (Fsp3) is 0.107. The minimum Gasteiger partial charge on any atom is -0.329 e. The second kappa shape index (κ2) is 6.78. The Labute approximate surface area is 423 Å². The number of ketones is 1. The monoisotopic (exact) mass is 947 g/mol. The van der Waals surface area contributed by atoms with E-state index in [1.165, 1.54) is 22.5 Å². The summed E-state index contributed by atoms with van der Waals surface area (Å²) in [5.41, 5.74) is 9.70. The zero-order chi connectivity index (χ0) is 46.7. The average molecular weight is 948 g/mol. The first-order chi connectivity index (χ1) is 38.0. The number of anilines is 1. The molecule has 2 spiro atoms. The average Bonchev–Trinajstić information content (AvgIpc) is 1.45.